The number of aliphatic hydroxyl groups is 1. The lowest BCUT2D eigenvalue weighted by Gasteiger charge is -2.52. The van der Waals surface area contributed by atoms with Gasteiger partial charge in [-0.3, -0.25) is 9.69 Å². The fourth-order valence-electron chi connectivity index (χ4n) is 5.84. The van der Waals surface area contributed by atoms with Crippen LogP contribution in [0.4, 0.5) is 0 Å². The molecule has 186 valence electrons. The van der Waals surface area contributed by atoms with Gasteiger partial charge < -0.3 is 19.9 Å². The van der Waals surface area contributed by atoms with Crippen molar-refractivity contribution >= 4 is 5.91 Å². The predicted molar refractivity (Wildman–Crippen MR) is 132 cm³/mol. The smallest absolute Gasteiger partial charge is 0.234 e. The molecule has 1 amide bonds. The highest BCUT2D eigenvalue weighted by Crippen LogP contribution is 2.51. The SMILES string of the molecule is CCCC[C@H](CC)CNC(=O)CN1CC[C@@]2(O)CCCC[C@H]2[C@@H]1c1ccc(OC)cc1OC. The van der Waals surface area contributed by atoms with Crippen molar-refractivity contribution in [3.8, 4) is 11.5 Å². The molecule has 0 unspecified atom stereocenters. The lowest BCUT2D eigenvalue weighted by Crippen LogP contribution is -2.56. The molecule has 0 aromatic heterocycles. The molecule has 2 aliphatic rings. The summed E-state index contributed by atoms with van der Waals surface area (Å²) in [6.07, 6.45) is 9.34. The van der Waals surface area contributed by atoms with Gasteiger partial charge in [0, 0.05) is 36.7 Å². The first-order valence-electron chi connectivity index (χ1n) is 12.9. The zero-order valence-electron chi connectivity index (χ0n) is 21.1. The van der Waals surface area contributed by atoms with Crippen molar-refractivity contribution in [1.82, 2.24) is 10.2 Å². The topological polar surface area (TPSA) is 71.0 Å². The Bertz CT molecular complexity index is 770. The summed E-state index contributed by atoms with van der Waals surface area (Å²) in [7, 11) is 3.32. The quantitative estimate of drug-likeness (QED) is 0.501. The van der Waals surface area contributed by atoms with Crippen LogP contribution in [0, 0.1) is 11.8 Å². The molecule has 3 rings (SSSR count). The number of ether oxygens (including phenoxy) is 2. The molecule has 6 nitrogen and oxygen atoms in total. The number of piperidine rings is 1. The molecular weight excluding hydrogens is 416 g/mol. The molecule has 1 aliphatic heterocycles. The third kappa shape index (κ3) is 6.21. The van der Waals surface area contributed by atoms with Crippen molar-refractivity contribution < 1.29 is 19.4 Å². The second-order valence-electron chi connectivity index (χ2n) is 9.95. The Balaban J connectivity index is 1.80. The Morgan fingerprint density at radius 3 is 2.76 bits per heavy atom. The van der Waals surface area contributed by atoms with Crippen LogP contribution in [-0.2, 0) is 4.79 Å². The van der Waals surface area contributed by atoms with Crippen LogP contribution in [0.5, 0.6) is 11.5 Å². The first kappa shape index (κ1) is 25.8. The lowest BCUT2D eigenvalue weighted by atomic mass is 9.66. The second-order valence-corrected chi connectivity index (χ2v) is 9.95. The first-order chi connectivity index (χ1) is 16.0. The van der Waals surface area contributed by atoms with Gasteiger partial charge in [0.25, 0.3) is 0 Å². The number of carbonyl (C=O) groups excluding carboxylic acids is 1. The first-order valence-corrected chi connectivity index (χ1v) is 12.9. The average Bonchev–Trinajstić information content (AvgIpc) is 2.83. The molecule has 1 saturated heterocycles. The minimum absolute atomic E-state index is 0.0577. The number of rotatable bonds is 11. The van der Waals surface area contributed by atoms with Crippen LogP contribution >= 0.6 is 0 Å². The van der Waals surface area contributed by atoms with Crippen LogP contribution in [0.2, 0.25) is 0 Å². The van der Waals surface area contributed by atoms with E-state index in [-0.39, 0.29) is 17.9 Å². The van der Waals surface area contributed by atoms with Gasteiger partial charge >= 0.3 is 0 Å². The van der Waals surface area contributed by atoms with Gasteiger partial charge in [-0.15, -0.1) is 0 Å². The van der Waals surface area contributed by atoms with Crippen LogP contribution in [0.3, 0.4) is 0 Å². The van der Waals surface area contributed by atoms with Gasteiger partial charge in [-0.05, 0) is 37.7 Å². The van der Waals surface area contributed by atoms with Gasteiger partial charge in [0.15, 0.2) is 0 Å². The van der Waals surface area contributed by atoms with Crippen LogP contribution < -0.4 is 14.8 Å². The Kier molecular flexibility index (Phi) is 9.45. The van der Waals surface area contributed by atoms with Crippen LogP contribution in [-0.4, -0.2) is 55.4 Å². The summed E-state index contributed by atoms with van der Waals surface area (Å²) in [5, 5.41) is 14.7. The number of nitrogens with one attached hydrogen (secondary N) is 1. The van der Waals surface area contributed by atoms with Gasteiger partial charge in [-0.2, -0.15) is 0 Å². The number of carbonyl (C=O) groups is 1. The molecule has 1 heterocycles. The molecule has 1 saturated carbocycles. The normalized spacial score (nSPS) is 26.3. The minimum Gasteiger partial charge on any atom is -0.497 e. The molecule has 0 radical (unpaired) electrons. The zero-order valence-corrected chi connectivity index (χ0v) is 21.1. The standard InChI is InChI=1S/C27H44N2O4/c1-5-7-10-20(6-2)18-28-25(30)19-29-16-15-27(31)14-9-8-11-23(27)26(29)22-13-12-21(32-3)17-24(22)33-4/h12-13,17,20,23,26,31H,5-11,14-16,18-19H2,1-4H3,(H,28,30)/t20-,23-,26-,27-/m0/s1. The maximum Gasteiger partial charge on any atom is 0.234 e. The summed E-state index contributed by atoms with van der Waals surface area (Å²) in [4.78, 5) is 15.3. The molecular formula is C27H44N2O4. The van der Waals surface area contributed by atoms with Gasteiger partial charge in [-0.1, -0.05) is 52.0 Å². The Labute approximate surface area is 200 Å². The number of unbranched alkanes of at least 4 members (excludes halogenated alkanes) is 1. The third-order valence-corrected chi connectivity index (χ3v) is 7.91. The van der Waals surface area contributed by atoms with E-state index in [0.29, 0.717) is 25.4 Å². The summed E-state index contributed by atoms with van der Waals surface area (Å²) < 4.78 is 11.2. The van der Waals surface area contributed by atoms with Crippen molar-refractivity contribution in [3.05, 3.63) is 23.8 Å². The summed E-state index contributed by atoms with van der Waals surface area (Å²) >= 11 is 0. The van der Waals surface area contributed by atoms with Crippen molar-refractivity contribution in [2.45, 2.75) is 83.3 Å². The number of nitrogens with zero attached hydrogens (tertiary/aromatic N) is 1. The average molecular weight is 461 g/mol. The van der Waals surface area contributed by atoms with Crippen molar-refractivity contribution in [3.63, 3.8) is 0 Å². The largest absolute Gasteiger partial charge is 0.497 e. The predicted octanol–water partition coefficient (Wildman–Crippen LogP) is 4.70. The fourth-order valence-corrected chi connectivity index (χ4v) is 5.84. The highest BCUT2D eigenvalue weighted by Gasteiger charge is 2.49. The summed E-state index contributed by atoms with van der Waals surface area (Å²) in [5.74, 6) is 2.19. The summed E-state index contributed by atoms with van der Waals surface area (Å²) in [5.41, 5.74) is 0.361. The number of fused-ring (bicyclic) bond motifs is 1. The highest BCUT2D eigenvalue weighted by atomic mass is 16.5. The van der Waals surface area contributed by atoms with Gasteiger partial charge in [-0.25, -0.2) is 0 Å². The van der Waals surface area contributed by atoms with Crippen molar-refractivity contribution in [2.75, 3.05) is 33.9 Å². The van der Waals surface area contributed by atoms with Crippen molar-refractivity contribution in [2.24, 2.45) is 11.8 Å². The zero-order chi connectivity index (χ0) is 23.8. The van der Waals surface area contributed by atoms with E-state index in [2.05, 4.69) is 24.1 Å². The van der Waals surface area contributed by atoms with Gasteiger partial charge in [0.05, 0.1) is 26.4 Å². The Hall–Kier alpha value is -1.79. The van der Waals surface area contributed by atoms with Crippen LogP contribution in [0.1, 0.15) is 83.2 Å². The van der Waals surface area contributed by atoms with E-state index in [0.717, 1.165) is 62.1 Å². The molecule has 33 heavy (non-hydrogen) atoms. The molecule has 1 aromatic rings. The van der Waals surface area contributed by atoms with E-state index in [4.69, 9.17) is 9.47 Å². The molecule has 1 aromatic carbocycles. The fraction of sp³-hybridized carbons (Fsp3) is 0.741. The summed E-state index contributed by atoms with van der Waals surface area (Å²) in [6.45, 7) is 6.20. The number of benzene rings is 1. The molecule has 6 heteroatoms. The van der Waals surface area contributed by atoms with E-state index in [1.54, 1.807) is 14.2 Å². The number of hydrogen-bond acceptors (Lipinski definition) is 5. The van der Waals surface area contributed by atoms with E-state index in [1.165, 1.54) is 12.8 Å². The maximum absolute atomic E-state index is 13.0. The molecule has 0 bridgehead atoms. The third-order valence-electron chi connectivity index (χ3n) is 7.91. The van der Waals surface area contributed by atoms with E-state index < -0.39 is 5.60 Å². The Morgan fingerprint density at radius 1 is 1.24 bits per heavy atom. The molecule has 0 spiro atoms. The molecule has 1 aliphatic carbocycles. The van der Waals surface area contributed by atoms with E-state index in [1.807, 2.05) is 18.2 Å². The van der Waals surface area contributed by atoms with Gasteiger partial charge in [0.2, 0.25) is 5.91 Å². The minimum atomic E-state index is -0.672. The molecule has 4 atom stereocenters. The van der Waals surface area contributed by atoms with Crippen LogP contribution in [0.25, 0.3) is 0 Å². The highest BCUT2D eigenvalue weighted by molar-refractivity contribution is 5.78. The molecule has 2 fully saturated rings. The molecule has 2 N–H and O–H groups in total. The maximum atomic E-state index is 13.0. The lowest BCUT2D eigenvalue weighted by molar-refractivity contribution is -0.138. The Morgan fingerprint density at radius 2 is 2.06 bits per heavy atom. The number of likely N-dealkylation sites (tertiary alicyclic amines) is 1. The monoisotopic (exact) mass is 460 g/mol. The van der Waals surface area contributed by atoms with E-state index >= 15 is 0 Å². The van der Waals surface area contributed by atoms with Gasteiger partial charge in [0.1, 0.15) is 11.5 Å². The second kappa shape index (κ2) is 12.1. The van der Waals surface area contributed by atoms with E-state index in [9.17, 15) is 9.90 Å². The number of amides is 1. The number of methoxy groups -OCH3 is 2. The summed E-state index contributed by atoms with van der Waals surface area (Å²) in [6, 6.07) is 5.85. The van der Waals surface area contributed by atoms with Crippen molar-refractivity contribution in [1.29, 1.82) is 0 Å². The number of hydrogen-bond donors (Lipinski definition) is 2. The van der Waals surface area contributed by atoms with Crippen LogP contribution in [0.15, 0.2) is 18.2 Å².